The van der Waals surface area contributed by atoms with Gasteiger partial charge < -0.3 is 18.9 Å². The van der Waals surface area contributed by atoms with Crippen LogP contribution < -0.4 is 0 Å². The lowest BCUT2D eigenvalue weighted by molar-refractivity contribution is -0.218. The van der Waals surface area contributed by atoms with Crippen LogP contribution in [0.3, 0.4) is 0 Å². The topological polar surface area (TPSA) is 71.1 Å². The number of methoxy groups -OCH3 is 1. The van der Waals surface area contributed by atoms with E-state index in [9.17, 15) is 9.59 Å². The molecule has 0 radical (unpaired) electrons. The van der Waals surface area contributed by atoms with Crippen LogP contribution >= 0.6 is 0 Å². The van der Waals surface area contributed by atoms with Gasteiger partial charge in [-0.1, -0.05) is 13.2 Å². The zero-order valence-electron chi connectivity index (χ0n) is 15.8. The molecule has 6 nitrogen and oxygen atoms in total. The molecule has 5 atom stereocenters. The highest BCUT2D eigenvalue weighted by Crippen LogP contribution is 2.49. The smallest absolute Gasteiger partial charge is 0.334 e. The molecule has 0 aromatic heterocycles. The maximum Gasteiger partial charge on any atom is 0.334 e. The minimum atomic E-state index is -0.858. The summed E-state index contributed by atoms with van der Waals surface area (Å²) in [5.74, 6) is -2.29. The fourth-order valence-corrected chi connectivity index (χ4v) is 4.11. The summed E-state index contributed by atoms with van der Waals surface area (Å²) >= 11 is 0. The Morgan fingerprint density at radius 3 is 2.69 bits per heavy atom. The standard InChI is InChI=1S/C20H26O6/c1-11(2)17(21)25-15-10-19(5)7-8-20(23-6,26-19)12(3)9-14-16(15)13(4)18(22)24-14/h9,14-16H,1,4,7-8,10H2,2-3,5-6H3/b12-9-/t14-,15-,16+,19+,20-/m1/s1. The van der Waals surface area contributed by atoms with Gasteiger partial charge in [-0.25, -0.2) is 9.59 Å². The van der Waals surface area contributed by atoms with Gasteiger partial charge in [-0.15, -0.1) is 0 Å². The van der Waals surface area contributed by atoms with Crippen molar-refractivity contribution in [2.45, 2.75) is 63.6 Å². The monoisotopic (exact) mass is 362 g/mol. The van der Waals surface area contributed by atoms with Crippen molar-refractivity contribution in [1.82, 2.24) is 0 Å². The quantitative estimate of drug-likeness (QED) is 0.437. The molecule has 0 amide bonds. The molecule has 3 rings (SSSR count). The number of carbonyl (C=O) groups excluding carboxylic acids is 2. The molecule has 3 aliphatic heterocycles. The average Bonchev–Trinajstić information content (AvgIpc) is 3.05. The molecule has 142 valence electrons. The number of fused-ring (bicyclic) bond motifs is 3. The molecule has 2 saturated heterocycles. The van der Waals surface area contributed by atoms with E-state index in [1.54, 1.807) is 14.0 Å². The van der Waals surface area contributed by atoms with Gasteiger partial charge in [0, 0.05) is 31.1 Å². The SMILES string of the molecule is C=C(C)C(=O)O[C@@H]1C[C@]2(C)CC[C@@](OC)(O2)/C(C)=C\[C@H]2OC(=O)C(=C)[C@@H]21. The van der Waals surface area contributed by atoms with E-state index in [1.165, 1.54) is 0 Å². The van der Waals surface area contributed by atoms with E-state index in [4.69, 9.17) is 18.9 Å². The van der Waals surface area contributed by atoms with Crippen molar-refractivity contribution < 1.29 is 28.5 Å². The van der Waals surface area contributed by atoms with Crippen molar-refractivity contribution in [3.8, 4) is 0 Å². The average molecular weight is 362 g/mol. The van der Waals surface area contributed by atoms with Crippen molar-refractivity contribution in [1.29, 1.82) is 0 Å². The van der Waals surface area contributed by atoms with Gasteiger partial charge in [0.15, 0.2) is 5.79 Å². The summed E-state index contributed by atoms with van der Waals surface area (Å²) in [6.45, 7) is 13.0. The molecule has 0 unspecified atom stereocenters. The van der Waals surface area contributed by atoms with Gasteiger partial charge in [0.05, 0.1) is 11.5 Å². The Hall–Kier alpha value is -1.92. The number of esters is 2. The molecular formula is C20H26O6. The molecule has 0 spiro atoms. The van der Waals surface area contributed by atoms with Crippen LogP contribution in [0.1, 0.15) is 40.0 Å². The Kier molecular flexibility index (Phi) is 4.61. The minimum absolute atomic E-state index is 0.299. The van der Waals surface area contributed by atoms with Crippen molar-refractivity contribution in [3.05, 3.63) is 36.0 Å². The summed E-state index contributed by atoms with van der Waals surface area (Å²) in [5.41, 5.74) is 0.888. The Labute approximate surface area is 153 Å². The number of carbonyl (C=O) groups is 2. The van der Waals surface area contributed by atoms with E-state index in [1.807, 2.05) is 19.9 Å². The van der Waals surface area contributed by atoms with E-state index in [0.717, 1.165) is 12.0 Å². The van der Waals surface area contributed by atoms with E-state index in [-0.39, 0.29) is 0 Å². The normalized spacial score (nSPS) is 41.2. The second kappa shape index (κ2) is 6.35. The minimum Gasteiger partial charge on any atom is -0.458 e. The third kappa shape index (κ3) is 3.01. The maximum atomic E-state index is 12.2. The Bertz CT molecular complexity index is 707. The number of rotatable bonds is 3. The van der Waals surface area contributed by atoms with Crippen molar-refractivity contribution in [2.24, 2.45) is 5.92 Å². The Morgan fingerprint density at radius 2 is 2.08 bits per heavy atom. The van der Waals surface area contributed by atoms with Crippen LogP contribution in [0.4, 0.5) is 0 Å². The van der Waals surface area contributed by atoms with E-state index in [0.29, 0.717) is 24.0 Å². The van der Waals surface area contributed by atoms with Crippen molar-refractivity contribution in [3.63, 3.8) is 0 Å². The summed E-state index contributed by atoms with van der Waals surface area (Å²) in [5, 5.41) is 0. The van der Waals surface area contributed by atoms with Gasteiger partial charge in [0.25, 0.3) is 0 Å². The molecule has 3 heterocycles. The van der Waals surface area contributed by atoms with Crippen LogP contribution in [0.5, 0.6) is 0 Å². The molecule has 0 aromatic carbocycles. The van der Waals surface area contributed by atoms with Crippen LogP contribution in [-0.2, 0) is 28.5 Å². The number of hydrogen-bond donors (Lipinski definition) is 0. The van der Waals surface area contributed by atoms with E-state index < -0.39 is 41.5 Å². The van der Waals surface area contributed by atoms with Crippen LogP contribution in [-0.4, -0.2) is 42.6 Å². The van der Waals surface area contributed by atoms with Gasteiger partial charge in [0.1, 0.15) is 12.2 Å². The maximum absolute atomic E-state index is 12.2. The third-order valence-electron chi connectivity index (χ3n) is 5.64. The van der Waals surface area contributed by atoms with Gasteiger partial charge in [-0.2, -0.15) is 0 Å². The zero-order chi connectivity index (χ0) is 19.3. The zero-order valence-corrected chi connectivity index (χ0v) is 15.8. The molecule has 0 N–H and O–H groups in total. The van der Waals surface area contributed by atoms with Crippen LogP contribution in [0.2, 0.25) is 0 Å². The lowest BCUT2D eigenvalue weighted by Gasteiger charge is -2.34. The molecule has 2 bridgehead atoms. The van der Waals surface area contributed by atoms with E-state index >= 15 is 0 Å². The Morgan fingerprint density at radius 1 is 1.38 bits per heavy atom. The predicted octanol–water partition coefficient (Wildman–Crippen LogP) is 2.83. The van der Waals surface area contributed by atoms with Crippen LogP contribution in [0.25, 0.3) is 0 Å². The summed E-state index contributed by atoms with van der Waals surface area (Å²) < 4.78 is 23.3. The van der Waals surface area contributed by atoms with Crippen molar-refractivity contribution >= 4 is 11.9 Å². The van der Waals surface area contributed by atoms with Gasteiger partial charge in [-0.05, 0) is 38.8 Å². The lowest BCUT2D eigenvalue weighted by Crippen LogP contribution is -2.40. The first-order valence-corrected chi connectivity index (χ1v) is 8.81. The first-order chi connectivity index (χ1) is 12.1. The summed E-state index contributed by atoms with van der Waals surface area (Å²) in [7, 11) is 1.61. The molecule has 6 heteroatoms. The highest BCUT2D eigenvalue weighted by molar-refractivity contribution is 5.91. The highest BCUT2D eigenvalue weighted by atomic mass is 16.7. The molecular weight excluding hydrogens is 336 g/mol. The van der Waals surface area contributed by atoms with Crippen molar-refractivity contribution in [2.75, 3.05) is 7.11 Å². The first-order valence-electron chi connectivity index (χ1n) is 8.81. The summed E-state index contributed by atoms with van der Waals surface area (Å²) in [6, 6.07) is 0. The highest BCUT2D eigenvalue weighted by Gasteiger charge is 2.54. The predicted molar refractivity (Wildman–Crippen MR) is 94.0 cm³/mol. The first kappa shape index (κ1) is 18.9. The van der Waals surface area contributed by atoms with E-state index in [2.05, 4.69) is 13.2 Å². The number of hydrogen-bond acceptors (Lipinski definition) is 6. The number of ether oxygens (including phenoxy) is 4. The summed E-state index contributed by atoms with van der Waals surface area (Å²) in [6.07, 6.45) is 2.49. The third-order valence-corrected chi connectivity index (χ3v) is 5.64. The second-order valence-electron chi connectivity index (χ2n) is 7.71. The van der Waals surface area contributed by atoms with Gasteiger partial charge in [-0.3, -0.25) is 0 Å². The molecule has 0 saturated carbocycles. The van der Waals surface area contributed by atoms with Gasteiger partial charge >= 0.3 is 11.9 Å². The summed E-state index contributed by atoms with van der Waals surface area (Å²) in [4.78, 5) is 24.4. The lowest BCUT2D eigenvalue weighted by atomic mass is 9.81. The van der Waals surface area contributed by atoms with Crippen LogP contribution in [0, 0.1) is 5.92 Å². The fourth-order valence-electron chi connectivity index (χ4n) is 4.11. The van der Waals surface area contributed by atoms with Gasteiger partial charge in [0.2, 0.25) is 0 Å². The molecule has 0 aromatic rings. The molecule has 2 fully saturated rings. The molecule has 3 aliphatic rings. The molecule has 0 aliphatic carbocycles. The second-order valence-corrected chi connectivity index (χ2v) is 7.71. The fraction of sp³-hybridized carbons (Fsp3) is 0.600. The Balaban J connectivity index is 2.06. The van der Waals surface area contributed by atoms with Crippen LogP contribution in [0.15, 0.2) is 36.0 Å². The molecule has 26 heavy (non-hydrogen) atoms. The largest absolute Gasteiger partial charge is 0.458 e.